The van der Waals surface area contributed by atoms with Crippen LogP contribution in [0.4, 0.5) is 4.79 Å². The number of ketones is 1. The number of carbonyl (C=O) groups excluding carboxylic acids is 5. The molecule has 0 aromatic carbocycles. The van der Waals surface area contributed by atoms with Crippen LogP contribution < -0.4 is 16.0 Å². The molecule has 10 heteroatoms. The van der Waals surface area contributed by atoms with Crippen molar-refractivity contribution >= 4 is 29.6 Å². The van der Waals surface area contributed by atoms with Gasteiger partial charge in [0.2, 0.25) is 17.6 Å². The Balaban J connectivity index is 1.52. The molecule has 1 heterocycles. The molecule has 0 spiro atoms. The molecular weight excluding hydrogens is 536 g/mol. The van der Waals surface area contributed by atoms with E-state index in [-0.39, 0.29) is 41.7 Å². The molecule has 3 aliphatic carbocycles. The third-order valence-corrected chi connectivity index (χ3v) is 10.3. The maximum absolute atomic E-state index is 14.3. The second-order valence-corrected chi connectivity index (χ2v) is 13.5. The molecular formula is C32H50N4O6. The van der Waals surface area contributed by atoms with E-state index in [0.29, 0.717) is 25.3 Å². The predicted octanol–water partition coefficient (Wildman–Crippen LogP) is 3.49. The fraction of sp³-hybridized carbons (Fsp3) is 0.781. The molecule has 3 N–H and O–H groups in total. The smallest absolute Gasteiger partial charge is 0.408 e. The highest BCUT2D eigenvalue weighted by molar-refractivity contribution is 6.38. The quantitative estimate of drug-likeness (QED) is 0.237. The van der Waals surface area contributed by atoms with Gasteiger partial charge in [-0.2, -0.15) is 0 Å². The average Bonchev–Trinajstić information content (AvgIpc) is 3.30. The van der Waals surface area contributed by atoms with E-state index >= 15 is 0 Å². The van der Waals surface area contributed by atoms with Gasteiger partial charge in [-0.15, -0.1) is 6.58 Å². The lowest BCUT2D eigenvalue weighted by Gasteiger charge is -2.37. The topological polar surface area (TPSA) is 134 Å². The van der Waals surface area contributed by atoms with Gasteiger partial charge in [0.25, 0.3) is 5.91 Å². The lowest BCUT2D eigenvalue weighted by atomic mass is 9.83. The van der Waals surface area contributed by atoms with E-state index in [1.54, 1.807) is 4.90 Å². The Morgan fingerprint density at radius 3 is 2.36 bits per heavy atom. The Hall–Kier alpha value is -2.91. The largest absolute Gasteiger partial charge is 0.446 e. The zero-order chi connectivity index (χ0) is 30.6. The molecule has 0 bridgehead atoms. The number of likely N-dealkylation sites (tertiary alicyclic amines) is 1. The molecule has 10 nitrogen and oxygen atoms in total. The highest BCUT2D eigenvalue weighted by atomic mass is 16.6. The van der Waals surface area contributed by atoms with E-state index in [2.05, 4.69) is 43.3 Å². The van der Waals surface area contributed by atoms with Gasteiger partial charge in [0.1, 0.15) is 18.2 Å². The fourth-order valence-corrected chi connectivity index (χ4v) is 7.65. The zero-order valence-electron chi connectivity index (χ0n) is 25.8. The zero-order valence-corrected chi connectivity index (χ0v) is 25.8. The summed E-state index contributed by atoms with van der Waals surface area (Å²) in [6.45, 7) is 12.3. The maximum Gasteiger partial charge on any atom is 0.408 e. The van der Waals surface area contributed by atoms with Crippen molar-refractivity contribution in [2.75, 3.05) is 13.1 Å². The van der Waals surface area contributed by atoms with Crippen molar-refractivity contribution in [1.29, 1.82) is 0 Å². The van der Waals surface area contributed by atoms with E-state index in [4.69, 9.17) is 4.74 Å². The number of ether oxygens (including phenoxy) is 1. The first-order valence-corrected chi connectivity index (χ1v) is 16.0. The van der Waals surface area contributed by atoms with Crippen molar-refractivity contribution in [2.24, 2.45) is 29.1 Å². The van der Waals surface area contributed by atoms with Crippen LogP contribution in [-0.2, 0) is 23.9 Å². The van der Waals surface area contributed by atoms with Crippen molar-refractivity contribution in [3.63, 3.8) is 0 Å². The Morgan fingerprint density at radius 1 is 1.02 bits per heavy atom. The van der Waals surface area contributed by atoms with E-state index < -0.39 is 41.8 Å². The Kier molecular flexibility index (Phi) is 10.4. The molecule has 2 unspecified atom stereocenters. The van der Waals surface area contributed by atoms with Gasteiger partial charge in [-0.3, -0.25) is 19.2 Å². The summed E-state index contributed by atoms with van der Waals surface area (Å²) in [7, 11) is 0. The molecule has 3 saturated carbocycles. The maximum atomic E-state index is 14.3. The highest BCUT2D eigenvalue weighted by Crippen LogP contribution is 2.65. The van der Waals surface area contributed by atoms with Gasteiger partial charge in [-0.1, -0.05) is 59.5 Å². The molecule has 4 rings (SSSR count). The standard InChI is InChI=1S/C32H50N4O6/c1-6-12-22(27(37)29(39)33-17-7-2)34-28(38)26-24-21(32(24,4)5)18-36(26)30(40)25(20-14-9-8-10-15-20)35-31(41)42-23-16-11-13-19(23)3/h7,19-26H,2,6,8-18H2,1,3-5H3,(H,33,39)(H,34,38)(H,35,41)/t19-,21?,22?,23-,24-,25-,26-/m0/s1. The van der Waals surface area contributed by atoms with Crippen LogP contribution in [0.3, 0.4) is 0 Å². The van der Waals surface area contributed by atoms with Crippen LogP contribution in [0.1, 0.15) is 91.9 Å². The summed E-state index contributed by atoms with van der Waals surface area (Å²) < 4.78 is 5.77. The van der Waals surface area contributed by atoms with Crippen molar-refractivity contribution in [3.8, 4) is 0 Å². The average molecular weight is 587 g/mol. The third kappa shape index (κ3) is 6.83. The number of nitrogens with one attached hydrogen (secondary N) is 3. The van der Waals surface area contributed by atoms with Crippen molar-refractivity contribution < 1.29 is 28.7 Å². The summed E-state index contributed by atoms with van der Waals surface area (Å²) in [5.41, 5.74) is -0.129. The van der Waals surface area contributed by atoms with Crippen LogP contribution in [0.15, 0.2) is 12.7 Å². The van der Waals surface area contributed by atoms with Crippen LogP contribution in [0.2, 0.25) is 0 Å². The van der Waals surface area contributed by atoms with Gasteiger partial charge in [0.15, 0.2) is 0 Å². The fourth-order valence-electron chi connectivity index (χ4n) is 7.65. The Labute approximate surface area is 250 Å². The normalized spacial score (nSPS) is 29.5. The molecule has 4 aliphatic rings. The molecule has 7 atom stereocenters. The monoisotopic (exact) mass is 586 g/mol. The van der Waals surface area contributed by atoms with Crippen LogP contribution >= 0.6 is 0 Å². The van der Waals surface area contributed by atoms with Crippen LogP contribution in [-0.4, -0.2) is 71.8 Å². The number of rotatable bonds is 12. The summed E-state index contributed by atoms with van der Waals surface area (Å²) in [6, 6.07) is -2.54. The molecule has 4 amide bonds. The third-order valence-electron chi connectivity index (χ3n) is 10.3. The number of carbonyl (C=O) groups is 5. The van der Waals surface area contributed by atoms with Gasteiger partial charge in [-0.05, 0) is 67.6 Å². The van der Waals surface area contributed by atoms with Crippen LogP contribution in [0.25, 0.3) is 0 Å². The number of alkyl carbamates (subject to hydrolysis) is 1. The molecule has 1 saturated heterocycles. The van der Waals surface area contributed by atoms with Crippen LogP contribution in [0.5, 0.6) is 0 Å². The summed E-state index contributed by atoms with van der Waals surface area (Å²) >= 11 is 0. The van der Waals surface area contributed by atoms with Gasteiger partial charge < -0.3 is 25.6 Å². The van der Waals surface area contributed by atoms with Gasteiger partial charge in [-0.25, -0.2) is 4.79 Å². The molecule has 1 aliphatic heterocycles. The van der Waals surface area contributed by atoms with Crippen LogP contribution in [0, 0.1) is 29.1 Å². The number of piperidine rings is 1. The first-order chi connectivity index (χ1) is 20.0. The summed E-state index contributed by atoms with van der Waals surface area (Å²) in [5.74, 6) is -1.82. The minimum absolute atomic E-state index is 0.0311. The van der Waals surface area contributed by atoms with Crippen molar-refractivity contribution in [2.45, 2.75) is 116 Å². The number of Topliss-reactive ketones (excluding diaryl/α,β-unsaturated/α-hetero) is 1. The summed E-state index contributed by atoms with van der Waals surface area (Å²) in [6.07, 6.45) is 9.25. The molecule has 0 radical (unpaired) electrons. The van der Waals surface area contributed by atoms with E-state index in [1.165, 1.54) is 6.08 Å². The van der Waals surface area contributed by atoms with Gasteiger partial charge in [0.05, 0.1) is 6.04 Å². The molecule has 42 heavy (non-hydrogen) atoms. The lowest BCUT2D eigenvalue weighted by Crippen LogP contribution is -2.59. The summed E-state index contributed by atoms with van der Waals surface area (Å²) in [5, 5.41) is 8.26. The second-order valence-electron chi connectivity index (χ2n) is 13.5. The molecule has 0 aromatic rings. The minimum atomic E-state index is -0.985. The highest BCUT2D eigenvalue weighted by Gasteiger charge is 2.69. The number of hydrogen-bond donors (Lipinski definition) is 3. The number of hydrogen-bond acceptors (Lipinski definition) is 6. The molecule has 234 valence electrons. The Morgan fingerprint density at radius 2 is 1.74 bits per heavy atom. The summed E-state index contributed by atoms with van der Waals surface area (Å²) in [4.78, 5) is 68.2. The lowest BCUT2D eigenvalue weighted by molar-refractivity contribution is -0.145. The van der Waals surface area contributed by atoms with Crippen molar-refractivity contribution in [3.05, 3.63) is 12.7 Å². The number of amides is 4. The number of nitrogens with zero attached hydrogens (tertiary/aromatic N) is 1. The van der Waals surface area contributed by atoms with E-state index in [1.807, 2.05) is 6.92 Å². The number of fused-ring (bicyclic) bond motifs is 1. The Bertz CT molecular complexity index is 1050. The van der Waals surface area contributed by atoms with Gasteiger partial charge in [0, 0.05) is 13.1 Å². The first kappa shape index (κ1) is 32.0. The van der Waals surface area contributed by atoms with Gasteiger partial charge >= 0.3 is 6.09 Å². The molecule has 4 fully saturated rings. The van der Waals surface area contributed by atoms with Crippen molar-refractivity contribution in [1.82, 2.24) is 20.9 Å². The molecule has 0 aromatic heterocycles. The second kappa shape index (κ2) is 13.6. The predicted molar refractivity (Wildman–Crippen MR) is 158 cm³/mol. The first-order valence-electron chi connectivity index (χ1n) is 16.0. The minimum Gasteiger partial charge on any atom is -0.446 e. The van der Waals surface area contributed by atoms with E-state index in [9.17, 15) is 24.0 Å². The SMILES string of the molecule is C=CCNC(=O)C(=O)C(CCC)NC(=O)[C@@H]1[C@@H]2C(CN1C(=O)[C@@H](NC(=O)O[C@H]1CCC[C@@H]1C)C1CCCCC1)C2(C)C. The van der Waals surface area contributed by atoms with E-state index in [0.717, 1.165) is 51.4 Å².